The normalized spacial score (nSPS) is 9.43. The van der Waals surface area contributed by atoms with E-state index in [-0.39, 0.29) is 0 Å². The number of hydrogen-bond acceptors (Lipinski definition) is 2. The Bertz CT molecular complexity index is 28.9. The molecule has 0 fully saturated rings. The van der Waals surface area contributed by atoms with Gasteiger partial charge in [-0.05, 0) is 0 Å². The number of rotatable bonds is 4. The molecule has 0 saturated carbocycles. The number of ether oxygens (including phenoxy) is 1. The van der Waals surface area contributed by atoms with Gasteiger partial charge in [0.25, 0.3) is 0 Å². The van der Waals surface area contributed by atoms with Crippen LogP contribution in [0.2, 0.25) is 0 Å². The summed E-state index contributed by atoms with van der Waals surface area (Å²) < 4.78 is 9.77. The molecule has 0 aliphatic heterocycles. The van der Waals surface area contributed by atoms with Crippen LogP contribution >= 0.6 is 0 Å². The standard InChI is InChI=1S/C4H9O2.Sn/c1-2-6-4-3-5;/h2-4H2,1H3;/q-1;+1. The van der Waals surface area contributed by atoms with E-state index in [0.29, 0.717) is 0 Å². The fraction of sp³-hybridized carbons (Fsp3) is 1.00. The molecule has 0 aromatic heterocycles. The third-order valence-electron chi connectivity index (χ3n) is 0.534. The van der Waals surface area contributed by atoms with Crippen LogP contribution in [0.15, 0.2) is 0 Å². The first kappa shape index (κ1) is 7.72. The van der Waals surface area contributed by atoms with Gasteiger partial charge in [0.2, 0.25) is 0 Å². The van der Waals surface area contributed by atoms with Crippen LogP contribution in [-0.4, -0.2) is 42.8 Å². The molecule has 0 spiro atoms. The van der Waals surface area contributed by atoms with Crippen molar-refractivity contribution in [3.63, 3.8) is 0 Å². The van der Waals surface area contributed by atoms with Gasteiger partial charge in [-0.15, -0.1) is 0 Å². The van der Waals surface area contributed by atoms with E-state index in [0.717, 1.165) is 42.8 Å². The quantitative estimate of drug-likeness (QED) is 0.482. The van der Waals surface area contributed by atoms with E-state index < -0.39 is 0 Å². The molecule has 41 valence electrons. The van der Waals surface area contributed by atoms with Gasteiger partial charge in [-0.3, -0.25) is 0 Å². The van der Waals surface area contributed by atoms with Gasteiger partial charge in [-0.2, -0.15) is 0 Å². The average Bonchev–Trinajstić information content (AvgIpc) is 1.69. The van der Waals surface area contributed by atoms with E-state index in [1.54, 1.807) is 0 Å². The average molecular weight is 208 g/mol. The summed E-state index contributed by atoms with van der Waals surface area (Å²) in [6, 6.07) is 0. The molecular weight excluding hydrogens is 199 g/mol. The molecule has 3 heteroatoms. The maximum atomic E-state index is 4.96. The zero-order valence-corrected chi connectivity index (χ0v) is 7.29. The van der Waals surface area contributed by atoms with Gasteiger partial charge in [-0.25, -0.2) is 0 Å². The minimum absolute atomic E-state index is 0.738. The van der Waals surface area contributed by atoms with Crippen molar-refractivity contribution in [1.29, 1.82) is 0 Å². The first-order valence-corrected chi connectivity index (χ1v) is 3.44. The molecule has 0 aromatic rings. The Morgan fingerprint density at radius 1 is 1.43 bits per heavy atom. The van der Waals surface area contributed by atoms with Crippen molar-refractivity contribution >= 4 is 22.9 Å². The van der Waals surface area contributed by atoms with Crippen molar-refractivity contribution in [2.24, 2.45) is 0 Å². The Morgan fingerprint density at radius 2 is 2.14 bits per heavy atom. The van der Waals surface area contributed by atoms with E-state index in [2.05, 4.69) is 0 Å². The second kappa shape index (κ2) is 6.72. The Morgan fingerprint density at radius 3 is 2.57 bits per heavy atom. The summed E-state index contributed by atoms with van der Waals surface area (Å²) in [5.41, 5.74) is 0. The summed E-state index contributed by atoms with van der Waals surface area (Å²) in [4.78, 5) is 0. The van der Waals surface area contributed by atoms with Crippen molar-refractivity contribution < 1.29 is 7.81 Å². The predicted molar refractivity (Wildman–Crippen MR) is 28.2 cm³/mol. The first-order chi connectivity index (χ1) is 3.41. The van der Waals surface area contributed by atoms with Crippen LogP contribution in [0.4, 0.5) is 0 Å². The van der Waals surface area contributed by atoms with Crippen molar-refractivity contribution in [3.8, 4) is 0 Å². The fourth-order valence-corrected chi connectivity index (χ4v) is 0.483. The molecule has 0 aliphatic carbocycles. The van der Waals surface area contributed by atoms with E-state index in [9.17, 15) is 0 Å². The van der Waals surface area contributed by atoms with Crippen LogP contribution in [0.3, 0.4) is 0 Å². The van der Waals surface area contributed by atoms with Gasteiger partial charge in [0.05, 0.1) is 0 Å². The van der Waals surface area contributed by atoms with E-state index in [4.69, 9.17) is 7.81 Å². The number of hydrogen-bond donors (Lipinski definition) is 0. The summed E-state index contributed by atoms with van der Waals surface area (Å²) in [6.07, 6.45) is 0. The summed E-state index contributed by atoms with van der Waals surface area (Å²) in [5, 5.41) is 0. The molecule has 0 amide bonds. The molecule has 3 radical (unpaired) electrons. The molecule has 7 heavy (non-hydrogen) atoms. The first-order valence-electron chi connectivity index (χ1n) is 2.28. The molecule has 0 unspecified atom stereocenters. The van der Waals surface area contributed by atoms with Gasteiger partial charge >= 0.3 is 57.5 Å². The molecule has 0 atom stereocenters. The van der Waals surface area contributed by atoms with Gasteiger partial charge in [0, 0.05) is 0 Å². The predicted octanol–water partition coefficient (Wildman–Crippen LogP) is 0.123. The van der Waals surface area contributed by atoms with Crippen LogP contribution < -0.4 is 0 Å². The van der Waals surface area contributed by atoms with Gasteiger partial charge < -0.3 is 0 Å². The van der Waals surface area contributed by atoms with Gasteiger partial charge in [0.15, 0.2) is 0 Å². The molecule has 0 rings (SSSR count). The van der Waals surface area contributed by atoms with Crippen LogP contribution in [0.5, 0.6) is 0 Å². The third-order valence-corrected chi connectivity index (χ3v) is 1.12. The summed E-state index contributed by atoms with van der Waals surface area (Å²) in [6.45, 7) is 4.25. The summed E-state index contributed by atoms with van der Waals surface area (Å²) in [7, 11) is 0. The summed E-state index contributed by atoms with van der Waals surface area (Å²) in [5.74, 6) is 0. The Kier molecular flexibility index (Phi) is 7.41. The second-order valence-corrected chi connectivity index (χ2v) is 1.87. The van der Waals surface area contributed by atoms with Gasteiger partial charge in [0.1, 0.15) is 0 Å². The fourth-order valence-electron chi connectivity index (χ4n) is 0.245. The van der Waals surface area contributed by atoms with Crippen LogP contribution in [-0.2, 0) is 7.81 Å². The SMILES string of the molecule is CCOCC[O][Sn]. The third kappa shape index (κ3) is 6.72. The monoisotopic (exact) mass is 209 g/mol. The van der Waals surface area contributed by atoms with Crippen molar-refractivity contribution in [2.45, 2.75) is 6.92 Å². The van der Waals surface area contributed by atoms with E-state index in [1.807, 2.05) is 6.92 Å². The minimum atomic E-state index is 0.738. The Labute approximate surface area is 57.8 Å². The molecule has 0 aliphatic rings. The zero-order valence-electron chi connectivity index (χ0n) is 4.44. The topological polar surface area (TPSA) is 18.5 Å². The molecule has 0 saturated heterocycles. The van der Waals surface area contributed by atoms with E-state index in [1.165, 1.54) is 0 Å². The van der Waals surface area contributed by atoms with Crippen LogP contribution in [0.1, 0.15) is 6.92 Å². The van der Waals surface area contributed by atoms with Crippen molar-refractivity contribution in [3.05, 3.63) is 0 Å². The van der Waals surface area contributed by atoms with Crippen molar-refractivity contribution in [1.82, 2.24) is 0 Å². The molecule has 2 nitrogen and oxygen atoms in total. The summed E-state index contributed by atoms with van der Waals surface area (Å²) >= 11 is 1.12. The maximum absolute atomic E-state index is 4.96. The molecule has 0 bridgehead atoms. The molecule has 0 aromatic carbocycles. The molecule has 0 heterocycles. The van der Waals surface area contributed by atoms with Crippen molar-refractivity contribution in [2.75, 3.05) is 19.8 Å². The van der Waals surface area contributed by atoms with E-state index >= 15 is 0 Å². The molecule has 0 N–H and O–H groups in total. The zero-order chi connectivity index (χ0) is 5.54. The second-order valence-electron chi connectivity index (χ2n) is 1.05. The molecular formula is C4H9O2Sn. The van der Waals surface area contributed by atoms with Crippen LogP contribution in [0, 0.1) is 0 Å². The van der Waals surface area contributed by atoms with Gasteiger partial charge in [-0.1, -0.05) is 0 Å². The Balaban J connectivity index is 2.45. The van der Waals surface area contributed by atoms with Crippen LogP contribution in [0.25, 0.3) is 0 Å². The Hall–Kier alpha value is 0.719.